The van der Waals surface area contributed by atoms with Crippen LogP contribution in [0.1, 0.15) is 22.3 Å². The molecular weight excluding hydrogens is 325 g/mol. The molecule has 1 aliphatic carbocycles. The van der Waals surface area contributed by atoms with Gasteiger partial charge in [-0.2, -0.15) is 0 Å². The molecule has 4 rings (SSSR count). The van der Waals surface area contributed by atoms with Crippen LogP contribution in [-0.2, 0) is 6.42 Å². The molecule has 1 aliphatic rings. The van der Waals surface area contributed by atoms with Gasteiger partial charge in [0.15, 0.2) is 17.3 Å². The van der Waals surface area contributed by atoms with E-state index in [1.165, 1.54) is 25.6 Å². The van der Waals surface area contributed by atoms with Crippen molar-refractivity contribution < 1.29 is 19.0 Å². The van der Waals surface area contributed by atoms with Crippen LogP contribution in [0.5, 0.6) is 11.5 Å². The number of anilines is 2. The molecule has 0 unspecified atom stereocenters. The van der Waals surface area contributed by atoms with Crippen molar-refractivity contribution in [1.29, 1.82) is 0 Å². The highest BCUT2D eigenvalue weighted by Crippen LogP contribution is 2.36. The van der Waals surface area contributed by atoms with Gasteiger partial charge in [0.25, 0.3) is 0 Å². The average molecular weight is 339 g/mol. The number of aromatic nitrogens is 2. The van der Waals surface area contributed by atoms with E-state index >= 15 is 0 Å². The number of benzene rings is 2. The summed E-state index contributed by atoms with van der Waals surface area (Å²) in [5.74, 6) is 0.0398. The minimum absolute atomic E-state index is 0.0348. The van der Waals surface area contributed by atoms with Crippen LogP contribution in [0.2, 0.25) is 0 Å². The molecule has 0 radical (unpaired) electrons. The van der Waals surface area contributed by atoms with Crippen molar-refractivity contribution in [3.8, 4) is 11.5 Å². The summed E-state index contributed by atoms with van der Waals surface area (Å²) in [6, 6.07) is 5.97. The number of halogens is 1. The smallest absolute Gasteiger partial charge is 0.166 e. The maximum atomic E-state index is 13.9. The van der Waals surface area contributed by atoms with E-state index in [0.29, 0.717) is 46.6 Å². The highest BCUT2D eigenvalue weighted by molar-refractivity contribution is 6.03. The number of phenols is 1. The molecule has 2 N–H and O–H groups in total. The number of methoxy groups -OCH3 is 1. The summed E-state index contributed by atoms with van der Waals surface area (Å²) in [7, 11) is 1.46. The van der Waals surface area contributed by atoms with Crippen LogP contribution >= 0.6 is 0 Å². The van der Waals surface area contributed by atoms with E-state index in [2.05, 4.69) is 15.3 Å². The maximum absolute atomic E-state index is 13.9. The highest BCUT2D eigenvalue weighted by Gasteiger charge is 2.26. The van der Waals surface area contributed by atoms with E-state index in [1.807, 2.05) is 0 Å². The number of rotatable bonds is 3. The maximum Gasteiger partial charge on any atom is 0.166 e. The van der Waals surface area contributed by atoms with Crippen molar-refractivity contribution in [2.75, 3.05) is 12.4 Å². The summed E-state index contributed by atoms with van der Waals surface area (Å²) >= 11 is 0. The number of nitrogens with zero attached hydrogens (tertiary/aromatic N) is 2. The van der Waals surface area contributed by atoms with E-state index in [4.69, 9.17) is 4.74 Å². The van der Waals surface area contributed by atoms with Gasteiger partial charge in [-0.05, 0) is 30.2 Å². The number of Topliss-reactive ketones (excluding diaryl/α,β-unsaturated/α-hetero) is 1. The Balaban J connectivity index is 1.83. The molecule has 0 bridgehead atoms. The van der Waals surface area contributed by atoms with Crippen molar-refractivity contribution >= 4 is 28.2 Å². The number of hydrogen-bond donors (Lipinski definition) is 2. The second kappa shape index (κ2) is 5.70. The van der Waals surface area contributed by atoms with Crippen LogP contribution in [0.3, 0.4) is 0 Å². The van der Waals surface area contributed by atoms with Gasteiger partial charge in [0, 0.05) is 23.6 Å². The van der Waals surface area contributed by atoms with Gasteiger partial charge in [-0.1, -0.05) is 0 Å². The zero-order valence-corrected chi connectivity index (χ0v) is 13.3. The quantitative estimate of drug-likeness (QED) is 0.761. The molecule has 0 aliphatic heterocycles. The van der Waals surface area contributed by atoms with Gasteiger partial charge >= 0.3 is 0 Å². The standard InChI is InChI=1S/C18H14FN3O3/c1-25-16-7-13-10(6-15(16)24)18(21-8-20-13)22-12-4-3-11(19)17-9(12)2-5-14(17)23/h3-4,6-8,24H,2,5H2,1H3,(H,20,21,22). The van der Waals surface area contributed by atoms with Crippen LogP contribution in [0.15, 0.2) is 30.6 Å². The van der Waals surface area contributed by atoms with Gasteiger partial charge in [0.1, 0.15) is 18.0 Å². The van der Waals surface area contributed by atoms with Gasteiger partial charge in [-0.25, -0.2) is 14.4 Å². The van der Waals surface area contributed by atoms with E-state index < -0.39 is 5.82 Å². The Hall–Kier alpha value is -3.22. The Morgan fingerprint density at radius 2 is 2.08 bits per heavy atom. The van der Waals surface area contributed by atoms with Crippen LogP contribution in [-0.4, -0.2) is 28.0 Å². The molecule has 3 aromatic rings. The number of fused-ring (bicyclic) bond motifs is 2. The van der Waals surface area contributed by atoms with Gasteiger partial charge < -0.3 is 15.2 Å². The number of carbonyl (C=O) groups is 1. The molecule has 0 spiro atoms. The molecule has 1 heterocycles. The summed E-state index contributed by atoms with van der Waals surface area (Å²) in [6.45, 7) is 0. The molecular formula is C18H14FN3O3. The van der Waals surface area contributed by atoms with E-state index in [9.17, 15) is 14.3 Å². The van der Waals surface area contributed by atoms with Gasteiger partial charge in [-0.15, -0.1) is 0 Å². The van der Waals surface area contributed by atoms with Crippen LogP contribution < -0.4 is 10.1 Å². The number of carbonyl (C=O) groups excluding carboxylic acids is 1. The highest BCUT2D eigenvalue weighted by atomic mass is 19.1. The predicted molar refractivity (Wildman–Crippen MR) is 90.1 cm³/mol. The van der Waals surface area contributed by atoms with E-state index in [0.717, 1.165) is 0 Å². The molecule has 0 amide bonds. The van der Waals surface area contributed by atoms with E-state index in [-0.39, 0.29) is 17.1 Å². The molecule has 0 saturated carbocycles. The van der Waals surface area contributed by atoms with Gasteiger partial charge in [0.2, 0.25) is 0 Å². The first-order valence-electron chi connectivity index (χ1n) is 7.72. The minimum Gasteiger partial charge on any atom is -0.504 e. The molecule has 0 saturated heterocycles. The molecule has 25 heavy (non-hydrogen) atoms. The largest absolute Gasteiger partial charge is 0.504 e. The van der Waals surface area contributed by atoms with Crippen LogP contribution in [0.4, 0.5) is 15.9 Å². The number of ether oxygens (including phenoxy) is 1. The molecule has 126 valence electrons. The lowest BCUT2D eigenvalue weighted by Crippen LogP contribution is -2.02. The Morgan fingerprint density at radius 3 is 2.88 bits per heavy atom. The number of hydrogen-bond acceptors (Lipinski definition) is 6. The predicted octanol–water partition coefficient (Wildman–Crippen LogP) is 3.36. The zero-order valence-electron chi connectivity index (χ0n) is 13.3. The third-order valence-corrected chi connectivity index (χ3v) is 4.33. The molecule has 1 aromatic heterocycles. The molecule has 0 fully saturated rings. The second-order valence-corrected chi connectivity index (χ2v) is 5.76. The third kappa shape index (κ3) is 2.44. The fourth-order valence-corrected chi connectivity index (χ4v) is 3.12. The Morgan fingerprint density at radius 1 is 1.24 bits per heavy atom. The molecule has 0 atom stereocenters. The fourth-order valence-electron chi connectivity index (χ4n) is 3.12. The SMILES string of the molecule is COc1cc2ncnc(Nc3ccc(F)c4c3CCC4=O)c2cc1O. The van der Waals surface area contributed by atoms with Crippen molar-refractivity contribution in [3.05, 3.63) is 47.5 Å². The average Bonchev–Trinajstić information content (AvgIpc) is 3.00. The number of phenolic OH excluding ortho intramolecular Hbond substituents is 1. The Bertz CT molecular complexity index is 1020. The summed E-state index contributed by atoms with van der Waals surface area (Å²) < 4.78 is 19.0. The van der Waals surface area contributed by atoms with Crippen molar-refractivity contribution in [2.45, 2.75) is 12.8 Å². The Labute approximate surface area is 142 Å². The monoisotopic (exact) mass is 339 g/mol. The van der Waals surface area contributed by atoms with Gasteiger partial charge in [0.05, 0.1) is 18.2 Å². The lowest BCUT2D eigenvalue weighted by atomic mass is 10.1. The van der Waals surface area contributed by atoms with Crippen molar-refractivity contribution in [2.24, 2.45) is 0 Å². The summed E-state index contributed by atoms with van der Waals surface area (Å²) in [5, 5.41) is 13.7. The van der Waals surface area contributed by atoms with Crippen LogP contribution in [0.25, 0.3) is 10.9 Å². The molecule has 2 aromatic carbocycles. The molecule has 7 heteroatoms. The van der Waals surface area contributed by atoms with Crippen molar-refractivity contribution in [3.63, 3.8) is 0 Å². The van der Waals surface area contributed by atoms with Crippen molar-refractivity contribution in [1.82, 2.24) is 9.97 Å². The topological polar surface area (TPSA) is 84.3 Å². The normalized spacial score (nSPS) is 13.1. The lowest BCUT2D eigenvalue weighted by molar-refractivity contribution is 0.0991. The van der Waals surface area contributed by atoms with E-state index in [1.54, 1.807) is 12.1 Å². The second-order valence-electron chi connectivity index (χ2n) is 5.76. The summed E-state index contributed by atoms with van der Waals surface area (Å²) in [4.78, 5) is 20.3. The number of aromatic hydroxyl groups is 1. The summed E-state index contributed by atoms with van der Waals surface area (Å²) in [5.41, 5.74) is 2.00. The third-order valence-electron chi connectivity index (χ3n) is 4.33. The number of ketones is 1. The van der Waals surface area contributed by atoms with Crippen LogP contribution in [0, 0.1) is 5.82 Å². The summed E-state index contributed by atoms with van der Waals surface area (Å²) in [6.07, 6.45) is 2.17. The first kappa shape index (κ1) is 15.3. The zero-order chi connectivity index (χ0) is 17.6. The first-order chi connectivity index (χ1) is 12.1. The molecule has 6 nitrogen and oxygen atoms in total. The minimum atomic E-state index is -0.502. The Kier molecular flexibility index (Phi) is 3.49. The van der Waals surface area contributed by atoms with Gasteiger partial charge in [-0.3, -0.25) is 4.79 Å². The first-order valence-corrected chi connectivity index (χ1v) is 7.72. The number of nitrogens with one attached hydrogen (secondary N) is 1. The lowest BCUT2D eigenvalue weighted by Gasteiger charge is -2.13. The fraction of sp³-hybridized carbons (Fsp3) is 0.167.